The highest BCUT2D eigenvalue weighted by Gasteiger charge is 2.31. The zero-order valence-corrected chi connectivity index (χ0v) is 13.1. The van der Waals surface area contributed by atoms with Crippen LogP contribution in [0.1, 0.15) is 5.56 Å². The lowest BCUT2D eigenvalue weighted by Crippen LogP contribution is -2.30. The van der Waals surface area contributed by atoms with Crippen LogP contribution in [0, 0.1) is 0 Å². The van der Waals surface area contributed by atoms with Gasteiger partial charge in [-0.25, -0.2) is 0 Å². The van der Waals surface area contributed by atoms with Crippen LogP contribution in [0.3, 0.4) is 0 Å². The van der Waals surface area contributed by atoms with Gasteiger partial charge in [-0.05, 0) is 48.1 Å². The van der Waals surface area contributed by atoms with E-state index >= 15 is 0 Å². The van der Waals surface area contributed by atoms with Crippen molar-refractivity contribution in [3.05, 3.63) is 59.8 Å². The number of carbonyl (C=O) groups is 1. The summed E-state index contributed by atoms with van der Waals surface area (Å²) in [5, 5.41) is 12.9. The number of ether oxygens (including phenoxy) is 1. The average molecular weight is 326 g/mol. The van der Waals surface area contributed by atoms with Gasteiger partial charge in [0.2, 0.25) is 0 Å². The third kappa shape index (κ3) is 2.89. The highest BCUT2D eigenvalue weighted by atomic mass is 32.1. The van der Waals surface area contributed by atoms with Crippen molar-refractivity contribution in [1.82, 2.24) is 5.32 Å². The molecule has 116 valence electrons. The lowest BCUT2D eigenvalue weighted by atomic mass is 10.1. The van der Waals surface area contributed by atoms with Gasteiger partial charge in [0, 0.05) is 0 Å². The molecule has 0 aliphatic carbocycles. The number of nitrogens with one attached hydrogen (secondary N) is 1. The van der Waals surface area contributed by atoms with Gasteiger partial charge in [-0.2, -0.15) is 0 Å². The number of aromatic hydroxyl groups is 1. The van der Waals surface area contributed by atoms with E-state index in [0.29, 0.717) is 27.8 Å². The number of methoxy groups -OCH3 is 1. The molecule has 2 aromatic carbocycles. The van der Waals surface area contributed by atoms with Crippen molar-refractivity contribution in [2.24, 2.45) is 0 Å². The molecule has 2 aromatic rings. The van der Waals surface area contributed by atoms with Crippen LogP contribution in [-0.4, -0.2) is 23.2 Å². The molecule has 1 saturated heterocycles. The van der Waals surface area contributed by atoms with E-state index in [2.05, 4.69) is 5.32 Å². The molecule has 5 nitrogen and oxygen atoms in total. The van der Waals surface area contributed by atoms with Crippen LogP contribution in [0.2, 0.25) is 0 Å². The van der Waals surface area contributed by atoms with Crippen LogP contribution in [-0.2, 0) is 4.79 Å². The summed E-state index contributed by atoms with van der Waals surface area (Å²) in [6, 6.07) is 14.0. The van der Waals surface area contributed by atoms with Crippen molar-refractivity contribution in [3.63, 3.8) is 0 Å². The molecule has 1 heterocycles. The number of rotatable bonds is 3. The van der Waals surface area contributed by atoms with Crippen LogP contribution < -0.4 is 15.0 Å². The van der Waals surface area contributed by atoms with Crippen molar-refractivity contribution in [1.29, 1.82) is 0 Å². The number of benzene rings is 2. The average Bonchev–Trinajstić information content (AvgIpc) is 2.84. The third-order valence-corrected chi connectivity index (χ3v) is 3.69. The van der Waals surface area contributed by atoms with Crippen molar-refractivity contribution >= 4 is 35.0 Å². The van der Waals surface area contributed by atoms with E-state index in [9.17, 15) is 9.90 Å². The molecule has 1 aliphatic rings. The Morgan fingerprint density at radius 1 is 1.22 bits per heavy atom. The molecule has 0 spiro atoms. The number of phenolic OH excluding ortho intramolecular Hbond substituents is 1. The number of thiocarbonyl (C=S) groups is 1. The standard InChI is InChI=1S/C17H14N2O3S/c1-22-15-10-11(7-8-14(15)20)9-13-16(21)19(17(23)18-13)12-5-3-2-4-6-12/h2-10,20H,1H3,(H,18,23). The Kier molecular flexibility index (Phi) is 3.99. The normalized spacial score (nSPS) is 15.9. The number of amides is 1. The van der Waals surface area contributed by atoms with Crippen molar-refractivity contribution in [2.75, 3.05) is 12.0 Å². The molecular formula is C17H14N2O3S. The summed E-state index contributed by atoms with van der Waals surface area (Å²) >= 11 is 5.25. The number of para-hydroxylation sites is 1. The number of carbonyl (C=O) groups excluding carboxylic acids is 1. The molecule has 1 amide bonds. The first-order chi connectivity index (χ1) is 11.1. The SMILES string of the molecule is COc1cc(C=C2NC(=S)N(c3ccccc3)C2=O)ccc1O. The van der Waals surface area contributed by atoms with E-state index in [1.54, 1.807) is 18.2 Å². The van der Waals surface area contributed by atoms with Crippen LogP contribution in [0.5, 0.6) is 11.5 Å². The van der Waals surface area contributed by atoms with Crippen LogP contribution in [0.4, 0.5) is 5.69 Å². The molecule has 1 aliphatic heterocycles. The molecular weight excluding hydrogens is 312 g/mol. The van der Waals surface area contributed by atoms with E-state index < -0.39 is 0 Å². The summed E-state index contributed by atoms with van der Waals surface area (Å²) in [7, 11) is 1.47. The van der Waals surface area contributed by atoms with Crippen molar-refractivity contribution in [2.45, 2.75) is 0 Å². The number of phenols is 1. The summed E-state index contributed by atoms with van der Waals surface area (Å²) in [4.78, 5) is 14.0. The fraction of sp³-hybridized carbons (Fsp3) is 0.0588. The van der Waals surface area contributed by atoms with Gasteiger partial charge in [-0.3, -0.25) is 9.69 Å². The number of hydrogen-bond donors (Lipinski definition) is 2. The first-order valence-corrected chi connectivity index (χ1v) is 7.30. The summed E-state index contributed by atoms with van der Waals surface area (Å²) < 4.78 is 5.07. The Morgan fingerprint density at radius 3 is 2.65 bits per heavy atom. The Hall–Kier alpha value is -2.86. The topological polar surface area (TPSA) is 61.8 Å². The lowest BCUT2D eigenvalue weighted by molar-refractivity contribution is -0.113. The molecule has 0 unspecified atom stereocenters. The first kappa shape index (κ1) is 15.1. The van der Waals surface area contributed by atoms with E-state index in [1.165, 1.54) is 18.1 Å². The fourth-order valence-electron chi connectivity index (χ4n) is 2.30. The predicted octanol–water partition coefficient (Wildman–Crippen LogP) is 2.66. The van der Waals surface area contributed by atoms with E-state index in [-0.39, 0.29) is 11.7 Å². The highest BCUT2D eigenvalue weighted by Crippen LogP contribution is 2.28. The van der Waals surface area contributed by atoms with Gasteiger partial charge >= 0.3 is 0 Å². The Morgan fingerprint density at radius 2 is 1.96 bits per heavy atom. The molecule has 0 bridgehead atoms. The predicted molar refractivity (Wildman–Crippen MR) is 92.3 cm³/mol. The zero-order valence-electron chi connectivity index (χ0n) is 12.3. The second kappa shape index (κ2) is 6.10. The molecule has 23 heavy (non-hydrogen) atoms. The monoisotopic (exact) mass is 326 g/mol. The van der Waals surface area contributed by atoms with Gasteiger partial charge in [0.1, 0.15) is 5.70 Å². The Labute approximate surface area is 138 Å². The van der Waals surface area contributed by atoms with Gasteiger partial charge in [0.25, 0.3) is 5.91 Å². The Bertz CT molecular complexity index is 803. The summed E-state index contributed by atoms with van der Waals surface area (Å²) in [6.45, 7) is 0. The van der Waals surface area contributed by atoms with Crippen LogP contribution in [0.15, 0.2) is 54.2 Å². The minimum absolute atomic E-state index is 0.0433. The molecule has 3 rings (SSSR count). The summed E-state index contributed by atoms with van der Waals surface area (Å²) in [5.74, 6) is 0.155. The van der Waals surface area contributed by atoms with Gasteiger partial charge < -0.3 is 15.2 Å². The smallest absolute Gasteiger partial charge is 0.281 e. The van der Waals surface area contributed by atoms with Crippen LogP contribution >= 0.6 is 12.2 Å². The number of hydrogen-bond acceptors (Lipinski definition) is 4. The zero-order chi connectivity index (χ0) is 16.4. The molecule has 0 atom stereocenters. The Balaban J connectivity index is 1.93. The maximum Gasteiger partial charge on any atom is 0.281 e. The highest BCUT2D eigenvalue weighted by molar-refractivity contribution is 7.80. The lowest BCUT2D eigenvalue weighted by Gasteiger charge is -2.13. The quantitative estimate of drug-likeness (QED) is 0.671. The second-order valence-corrected chi connectivity index (χ2v) is 5.28. The molecule has 0 saturated carbocycles. The van der Waals surface area contributed by atoms with Gasteiger partial charge in [-0.15, -0.1) is 0 Å². The number of anilines is 1. The minimum atomic E-state index is -0.228. The number of nitrogens with zero attached hydrogens (tertiary/aromatic N) is 1. The molecule has 1 fully saturated rings. The maximum atomic E-state index is 12.6. The van der Waals surface area contributed by atoms with Crippen molar-refractivity contribution < 1.29 is 14.6 Å². The minimum Gasteiger partial charge on any atom is -0.504 e. The van der Waals surface area contributed by atoms with Gasteiger partial charge in [0.15, 0.2) is 16.6 Å². The van der Waals surface area contributed by atoms with Crippen LogP contribution in [0.25, 0.3) is 6.08 Å². The maximum absolute atomic E-state index is 12.6. The van der Waals surface area contributed by atoms with Gasteiger partial charge in [0.05, 0.1) is 12.8 Å². The summed E-state index contributed by atoms with van der Waals surface area (Å²) in [5.41, 5.74) is 1.79. The molecule has 0 aromatic heterocycles. The molecule has 0 radical (unpaired) electrons. The molecule has 6 heteroatoms. The van der Waals surface area contributed by atoms with Gasteiger partial charge in [-0.1, -0.05) is 24.3 Å². The fourth-order valence-corrected chi connectivity index (χ4v) is 2.60. The first-order valence-electron chi connectivity index (χ1n) is 6.89. The largest absolute Gasteiger partial charge is 0.504 e. The van der Waals surface area contributed by atoms with E-state index in [4.69, 9.17) is 17.0 Å². The van der Waals surface area contributed by atoms with Crippen molar-refractivity contribution in [3.8, 4) is 11.5 Å². The third-order valence-electron chi connectivity index (χ3n) is 3.41. The van der Waals surface area contributed by atoms with E-state index in [0.717, 1.165) is 0 Å². The van der Waals surface area contributed by atoms with E-state index in [1.807, 2.05) is 30.3 Å². The molecule has 2 N–H and O–H groups in total. The summed E-state index contributed by atoms with van der Waals surface area (Å²) in [6.07, 6.45) is 1.67. The second-order valence-electron chi connectivity index (χ2n) is 4.90.